The summed E-state index contributed by atoms with van der Waals surface area (Å²) in [6, 6.07) is 13.4. The lowest BCUT2D eigenvalue weighted by Crippen LogP contribution is -2.18. The van der Waals surface area contributed by atoms with E-state index in [-0.39, 0.29) is 16.9 Å². The zero-order valence-corrected chi connectivity index (χ0v) is 13.4. The monoisotopic (exact) mass is 389 g/mol. The molecule has 0 aromatic heterocycles. The maximum atomic E-state index is 13.1. The Balaban J connectivity index is 2.18. The predicted molar refractivity (Wildman–Crippen MR) is 86.1 cm³/mol. The molecule has 0 saturated carbocycles. The van der Waals surface area contributed by atoms with Crippen LogP contribution in [0.1, 0.15) is 17.2 Å². The van der Waals surface area contributed by atoms with Crippen LogP contribution in [0.3, 0.4) is 0 Å². The van der Waals surface area contributed by atoms with Gasteiger partial charge in [-0.25, -0.2) is 4.39 Å². The predicted octanol–water partition coefficient (Wildman–Crippen LogP) is 4.59. The lowest BCUT2D eigenvalue weighted by molar-refractivity contribution is 0.589. The Kier molecular flexibility index (Phi) is 5.19. The molecule has 19 heavy (non-hydrogen) atoms. The molecule has 0 aliphatic carbocycles. The minimum atomic E-state index is -0.374. The SMILES string of the molecule is CNC(Cc1ccc(F)c(Cl)c1)c1ccc(I)cc1. The van der Waals surface area contributed by atoms with Crippen molar-refractivity contribution >= 4 is 34.2 Å². The van der Waals surface area contributed by atoms with E-state index in [1.165, 1.54) is 15.2 Å². The number of rotatable bonds is 4. The van der Waals surface area contributed by atoms with Gasteiger partial charge < -0.3 is 5.32 Å². The van der Waals surface area contributed by atoms with Gasteiger partial charge in [-0.15, -0.1) is 0 Å². The molecular formula is C15H14ClFIN. The van der Waals surface area contributed by atoms with E-state index >= 15 is 0 Å². The second kappa shape index (κ2) is 6.68. The summed E-state index contributed by atoms with van der Waals surface area (Å²) >= 11 is 8.09. The smallest absolute Gasteiger partial charge is 0.141 e. The zero-order valence-electron chi connectivity index (χ0n) is 10.5. The summed E-state index contributed by atoms with van der Waals surface area (Å²) in [6.07, 6.45) is 0.775. The third kappa shape index (κ3) is 3.91. The van der Waals surface area contributed by atoms with E-state index < -0.39 is 0 Å². The van der Waals surface area contributed by atoms with Crippen molar-refractivity contribution in [2.45, 2.75) is 12.5 Å². The average Bonchev–Trinajstić information content (AvgIpc) is 2.41. The summed E-state index contributed by atoms with van der Waals surface area (Å²) in [5.41, 5.74) is 2.23. The molecule has 1 N–H and O–H groups in total. The molecule has 1 nitrogen and oxygen atoms in total. The highest BCUT2D eigenvalue weighted by atomic mass is 127. The summed E-state index contributed by atoms with van der Waals surface area (Å²) in [7, 11) is 1.92. The van der Waals surface area contributed by atoms with Gasteiger partial charge in [0.2, 0.25) is 0 Å². The van der Waals surface area contributed by atoms with Gasteiger partial charge in [-0.05, 0) is 71.5 Å². The van der Waals surface area contributed by atoms with Crippen LogP contribution in [0, 0.1) is 9.39 Å². The molecule has 100 valence electrons. The minimum Gasteiger partial charge on any atom is -0.313 e. The molecule has 0 fully saturated rings. The number of nitrogens with one attached hydrogen (secondary N) is 1. The van der Waals surface area contributed by atoms with Crippen LogP contribution >= 0.6 is 34.2 Å². The van der Waals surface area contributed by atoms with E-state index in [1.54, 1.807) is 12.1 Å². The Morgan fingerprint density at radius 2 is 1.89 bits per heavy atom. The Labute approximate surface area is 131 Å². The number of hydrogen-bond donors (Lipinski definition) is 1. The third-order valence-corrected chi connectivity index (χ3v) is 4.05. The molecule has 2 aromatic rings. The van der Waals surface area contributed by atoms with Gasteiger partial charge in [0.25, 0.3) is 0 Å². The molecule has 2 rings (SSSR count). The van der Waals surface area contributed by atoms with Crippen LogP contribution in [-0.4, -0.2) is 7.05 Å². The normalized spacial score (nSPS) is 12.4. The standard InChI is InChI=1S/C15H14ClFIN/c1-19-15(11-3-5-12(18)6-4-11)9-10-2-7-14(17)13(16)8-10/h2-8,15,19H,9H2,1H3. The fraction of sp³-hybridized carbons (Fsp3) is 0.200. The molecule has 0 aliphatic heterocycles. The first-order valence-electron chi connectivity index (χ1n) is 5.97. The Morgan fingerprint density at radius 3 is 2.47 bits per heavy atom. The van der Waals surface area contributed by atoms with Gasteiger partial charge >= 0.3 is 0 Å². The molecular weight excluding hydrogens is 376 g/mol. The van der Waals surface area contributed by atoms with Crippen LogP contribution in [0.15, 0.2) is 42.5 Å². The van der Waals surface area contributed by atoms with Gasteiger partial charge in [-0.1, -0.05) is 29.8 Å². The number of likely N-dealkylation sites (N-methyl/N-ethyl adjacent to an activating group) is 1. The number of benzene rings is 2. The lowest BCUT2D eigenvalue weighted by Gasteiger charge is -2.17. The van der Waals surface area contributed by atoms with Crippen molar-refractivity contribution in [1.29, 1.82) is 0 Å². The Morgan fingerprint density at radius 1 is 1.21 bits per heavy atom. The molecule has 0 spiro atoms. The van der Waals surface area contributed by atoms with Crippen LogP contribution in [0.2, 0.25) is 5.02 Å². The van der Waals surface area contributed by atoms with Gasteiger partial charge in [-0.2, -0.15) is 0 Å². The number of hydrogen-bond acceptors (Lipinski definition) is 1. The van der Waals surface area contributed by atoms with E-state index in [0.29, 0.717) is 0 Å². The van der Waals surface area contributed by atoms with Crippen molar-refractivity contribution < 1.29 is 4.39 Å². The molecule has 0 saturated heterocycles. The van der Waals surface area contributed by atoms with Gasteiger partial charge in [0.1, 0.15) is 5.82 Å². The molecule has 0 amide bonds. The largest absolute Gasteiger partial charge is 0.313 e. The zero-order chi connectivity index (χ0) is 13.8. The van der Waals surface area contributed by atoms with Gasteiger partial charge in [0.05, 0.1) is 5.02 Å². The average molecular weight is 390 g/mol. The van der Waals surface area contributed by atoms with Crippen molar-refractivity contribution in [2.24, 2.45) is 0 Å². The second-order valence-corrected chi connectivity index (χ2v) is 6.00. The minimum absolute atomic E-state index is 0.176. The van der Waals surface area contributed by atoms with E-state index in [2.05, 4.69) is 52.2 Å². The van der Waals surface area contributed by atoms with Gasteiger partial charge in [-0.3, -0.25) is 0 Å². The van der Waals surface area contributed by atoms with Gasteiger partial charge in [0, 0.05) is 9.61 Å². The van der Waals surface area contributed by atoms with E-state index in [4.69, 9.17) is 11.6 Å². The molecule has 4 heteroatoms. The highest BCUT2D eigenvalue weighted by Gasteiger charge is 2.11. The summed E-state index contributed by atoms with van der Waals surface area (Å²) in [6.45, 7) is 0. The van der Waals surface area contributed by atoms with Crippen molar-refractivity contribution in [2.75, 3.05) is 7.05 Å². The second-order valence-electron chi connectivity index (χ2n) is 4.35. The first kappa shape index (κ1) is 14.8. The van der Waals surface area contributed by atoms with Crippen molar-refractivity contribution in [3.63, 3.8) is 0 Å². The maximum absolute atomic E-state index is 13.1. The van der Waals surface area contributed by atoms with Crippen molar-refractivity contribution in [3.05, 3.63) is 68.0 Å². The van der Waals surface area contributed by atoms with Crippen molar-refractivity contribution in [1.82, 2.24) is 5.32 Å². The maximum Gasteiger partial charge on any atom is 0.141 e. The summed E-state index contributed by atoms with van der Waals surface area (Å²) < 4.78 is 14.3. The number of halogens is 3. The summed E-state index contributed by atoms with van der Waals surface area (Å²) in [5.74, 6) is -0.374. The van der Waals surface area contributed by atoms with Crippen LogP contribution in [-0.2, 0) is 6.42 Å². The first-order valence-corrected chi connectivity index (χ1v) is 7.42. The lowest BCUT2D eigenvalue weighted by atomic mass is 9.99. The Hall–Kier alpha value is -0.650. The van der Waals surface area contributed by atoms with E-state index in [0.717, 1.165) is 12.0 Å². The van der Waals surface area contributed by atoms with Gasteiger partial charge in [0.15, 0.2) is 0 Å². The van der Waals surface area contributed by atoms with Crippen LogP contribution in [0.4, 0.5) is 4.39 Å². The van der Waals surface area contributed by atoms with E-state index in [9.17, 15) is 4.39 Å². The highest BCUT2D eigenvalue weighted by molar-refractivity contribution is 14.1. The molecule has 1 unspecified atom stereocenters. The third-order valence-electron chi connectivity index (χ3n) is 3.04. The molecule has 2 aromatic carbocycles. The quantitative estimate of drug-likeness (QED) is 0.754. The molecule has 0 bridgehead atoms. The van der Waals surface area contributed by atoms with Crippen LogP contribution < -0.4 is 5.32 Å². The molecule has 0 heterocycles. The van der Waals surface area contributed by atoms with Crippen LogP contribution in [0.5, 0.6) is 0 Å². The molecule has 0 aliphatic rings. The Bertz CT molecular complexity index is 557. The first-order chi connectivity index (χ1) is 9.10. The fourth-order valence-electron chi connectivity index (χ4n) is 1.98. The van der Waals surface area contributed by atoms with E-state index in [1.807, 2.05) is 7.05 Å². The summed E-state index contributed by atoms with van der Waals surface area (Å²) in [5, 5.41) is 3.46. The van der Waals surface area contributed by atoms with Crippen LogP contribution in [0.25, 0.3) is 0 Å². The molecule has 0 radical (unpaired) electrons. The topological polar surface area (TPSA) is 12.0 Å². The molecule has 1 atom stereocenters. The summed E-state index contributed by atoms with van der Waals surface area (Å²) in [4.78, 5) is 0. The van der Waals surface area contributed by atoms with Crippen molar-refractivity contribution in [3.8, 4) is 0 Å². The highest BCUT2D eigenvalue weighted by Crippen LogP contribution is 2.22. The fourth-order valence-corrected chi connectivity index (χ4v) is 2.55.